The third-order valence-electron chi connectivity index (χ3n) is 2.64. The third kappa shape index (κ3) is 5.21. The Kier molecular flexibility index (Phi) is 5.56. The average Bonchev–Trinajstić information content (AvgIpc) is 2.26. The quantitative estimate of drug-likeness (QED) is 0.636. The predicted octanol–water partition coefficient (Wildman–Crippen LogP) is 1.47. The molecule has 0 fully saturated rings. The number of nitrogens with one attached hydrogen (secondary N) is 1. The van der Waals surface area contributed by atoms with Crippen LogP contribution in [0.25, 0.3) is 0 Å². The lowest BCUT2D eigenvalue weighted by Crippen LogP contribution is -2.38. The molecule has 0 saturated heterocycles. The Morgan fingerprint density at radius 2 is 1.80 bits per heavy atom. The maximum atomic E-state index is 12.2. The molecule has 0 aromatic heterocycles. The summed E-state index contributed by atoms with van der Waals surface area (Å²) in [6.07, 6.45) is 0. The number of hydrogen-bond donors (Lipinski definition) is 2. The van der Waals surface area contributed by atoms with Crippen molar-refractivity contribution in [2.45, 2.75) is 44.7 Å². The smallest absolute Gasteiger partial charge is 0.189 e. The van der Waals surface area contributed by atoms with Crippen molar-refractivity contribution >= 4 is 15.8 Å². The van der Waals surface area contributed by atoms with E-state index in [2.05, 4.69) is 10.3 Å². The number of nitrogens with two attached hydrogens (primary N) is 1. The number of aliphatic imine (C=N–C) groups is 1. The van der Waals surface area contributed by atoms with Crippen molar-refractivity contribution in [3.63, 3.8) is 0 Å². The van der Waals surface area contributed by atoms with E-state index >= 15 is 0 Å². The molecule has 0 heterocycles. The standard InChI is InChI=1S/C14H23N3O2S/c1-10(2)16-14(15)17-12(4)9-20(18,19)13-7-5-11(3)6-8-13/h5-8,10,12H,9H2,1-4H3,(H3,15,16,17). The molecule has 0 aliphatic heterocycles. The summed E-state index contributed by atoms with van der Waals surface area (Å²) in [5.41, 5.74) is 6.73. The molecule has 1 unspecified atom stereocenters. The number of rotatable bonds is 5. The summed E-state index contributed by atoms with van der Waals surface area (Å²) in [6, 6.07) is 6.59. The minimum absolute atomic E-state index is 0.0590. The van der Waals surface area contributed by atoms with Gasteiger partial charge in [-0.3, -0.25) is 0 Å². The molecule has 5 nitrogen and oxygen atoms in total. The summed E-state index contributed by atoms with van der Waals surface area (Å²) in [5, 5.41) is 2.94. The minimum Gasteiger partial charge on any atom is -0.370 e. The Balaban J connectivity index is 2.78. The number of nitrogens with zero attached hydrogens (tertiary/aromatic N) is 1. The molecule has 0 amide bonds. The highest BCUT2D eigenvalue weighted by Gasteiger charge is 2.18. The second-order valence-electron chi connectivity index (χ2n) is 5.26. The molecule has 112 valence electrons. The molecule has 0 bridgehead atoms. The lowest BCUT2D eigenvalue weighted by atomic mass is 10.2. The first kappa shape index (κ1) is 16.5. The van der Waals surface area contributed by atoms with Crippen LogP contribution in [-0.2, 0) is 9.84 Å². The molecular formula is C14H23N3O2S. The van der Waals surface area contributed by atoms with Crippen molar-refractivity contribution in [2.24, 2.45) is 10.7 Å². The van der Waals surface area contributed by atoms with Gasteiger partial charge >= 0.3 is 0 Å². The zero-order chi connectivity index (χ0) is 15.3. The number of aryl methyl sites for hydroxylation is 1. The molecule has 1 aromatic rings. The molecule has 0 saturated carbocycles. The topological polar surface area (TPSA) is 84.5 Å². The van der Waals surface area contributed by atoms with Crippen molar-refractivity contribution < 1.29 is 8.42 Å². The fourth-order valence-corrected chi connectivity index (χ4v) is 3.22. The molecule has 0 aliphatic carbocycles. The first-order chi connectivity index (χ1) is 9.20. The van der Waals surface area contributed by atoms with Crippen LogP contribution in [-0.4, -0.2) is 32.2 Å². The van der Waals surface area contributed by atoms with Crippen LogP contribution in [0.15, 0.2) is 34.2 Å². The summed E-state index contributed by atoms with van der Waals surface area (Å²) < 4.78 is 24.5. The van der Waals surface area contributed by atoms with E-state index < -0.39 is 15.9 Å². The van der Waals surface area contributed by atoms with Crippen LogP contribution in [0.1, 0.15) is 26.3 Å². The van der Waals surface area contributed by atoms with Gasteiger partial charge in [-0.15, -0.1) is 0 Å². The molecule has 3 N–H and O–H groups in total. The van der Waals surface area contributed by atoms with Gasteiger partial charge in [-0.25, -0.2) is 13.4 Å². The van der Waals surface area contributed by atoms with Crippen LogP contribution in [0.5, 0.6) is 0 Å². The van der Waals surface area contributed by atoms with E-state index in [0.29, 0.717) is 4.90 Å². The largest absolute Gasteiger partial charge is 0.370 e. The number of sulfone groups is 1. The molecule has 0 spiro atoms. The van der Waals surface area contributed by atoms with Crippen molar-refractivity contribution in [1.82, 2.24) is 5.32 Å². The summed E-state index contributed by atoms with van der Waals surface area (Å²) in [4.78, 5) is 4.47. The van der Waals surface area contributed by atoms with Crippen LogP contribution in [0.4, 0.5) is 0 Å². The summed E-state index contributed by atoms with van der Waals surface area (Å²) in [5.74, 6) is 0.211. The fraction of sp³-hybridized carbons (Fsp3) is 0.500. The van der Waals surface area contributed by atoms with Gasteiger partial charge in [0.25, 0.3) is 0 Å². The van der Waals surface area contributed by atoms with E-state index in [1.807, 2.05) is 20.8 Å². The summed E-state index contributed by atoms with van der Waals surface area (Å²) in [6.45, 7) is 7.54. The number of guanidine groups is 1. The second-order valence-corrected chi connectivity index (χ2v) is 7.29. The van der Waals surface area contributed by atoms with Gasteiger partial charge in [0.2, 0.25) is 0 Å². The first-order valence-corrected chi connectivity index (χ1v) is 8.25. The van der Waals surface area contributed by atoms with E-state index in [4.69, 9.17) is 5.73 Å². The highest BCUT2D eigenvalue weighted by atomic mass is 32.2. The van der Waals surface area contributed by atoms with E-state index in [1.54, 1.807) is 31.2 Å². The molecule has 20 heavy (non-hydrogen) atoms. The van der Waals surface area contributed by atoms with Crippen molar-refractivity contribution in [2.75, 3.05) is 5.75 Å². The van der Waals surface area contributed by atoms with E-state index in [0.717, 1.165) is 5.56 Å². The van der Waals surface area contributed by atoms with E-state index in [9.17, 15) is 8.42 Å². The van der Waals surface area contributed by atoms with Crippen molar-refractivity contribution in [3.8, 4) is 0 Å². The molecule has 0 aliphatic rings. The Labute approximate surface area is 121 Å². The van der Waals surface area contributed by atoms with Crippen LogP contribution in [0, 0.1) is 6.92 Å². The molecule has 0 radical (unpaired) electrons. The highest BCUT2D eigenvalue weighted by molar-refractivity contribution is 7.91. The van der Waals surface area contributed by atoms with Gasteiger partial charge in [0.05, 0.1) is 16.7 Å². The highest BCUT2D eigenvalue weighted by Crippen LogP contribution is 2.13. The molecule has 1 aromatic carbocycles. The van der Waals surface area contributed by atoms with Gasteiger partial charge < -0.3 is 11.1 Å². The fourth-order valence-electron chi connectivity index (χ4n) is 1.77. The normalized spacial score (nSPS) is 14.3. The maximum Gasteiger partial charge on any atom is 0.189 e. The van der Waals surface area contributed by atoms with Crippen LogP contribution < -0.4 is 11.1 Å². The SMILES string of the molecule is Cc1ccc(S(=O)(=O)CC(C)N=C(N)NC(C)C)cc1. The first-order valence-electron chi connectivity index (χ1n) is 6.60. The predicted molar refractivity (Wildman–Crippen MR) is 82.6 cm³/mol. The van der Waals surface area contributed by atoms with Crippen LogP contribution >= 0.6 is 0 Å². The zero-order valence-corrected chi connectivity index (χ0v) is 13.2. The summed E-state index contributed by atoms with van der Waals surface area (Å²) in [7, 11) is -3.34. The minimum atomic E-state index is -3.34. The van der Waals surface area contributed by atoms with Crippen molar-refractivity contribution in [3.05, 3.63) is 29.8 Å². The summed E-state index contributed by atoms with van der Waals surface area (Å²) >= 11 is 0. The monoisotopic (exact) mass is 297 g/mol. The molecular weight excluding hydrogens is 274 g/mol. The third-order valence-corrected chi connectivity index (χ3v) is 4.55. The average molecular weight is 297 g/mol. The Hall–Kier alpha value is -1.56. The van der Waals surface area contributed by atoms with Gasteiger partial charge in [-0.2, -0.15) is 0 Å². The van der Waals surface area contributed by atoms with Gasteiger partial charge in [0.1, 0.15) is 0 Å². The molecule has 1 atom stereocenters. The molecule has 1 rings (SSSR count). The van der Waals surface area contributed by atoms with Gasteiger partial charge in [-0.05, 0) is 39.8 Å². The Bertz CT molecular complexity index is 563. The second kappa shape index (κ2) is 6.74. The van der Waals surface area contributed by atoms with Gasteiger partial charge in [0.15, 0.2) is 15.8 Å². The van der Waals surface area contributed by atoms with Gasteiger partial charge in [0, 0.05) is 6.04 Å². The maximum absolute atomic E-state index is 12.2. The number of hydrogen-bond acceptors (Lipinski definition) is 3. The number of benzene rings is 1. The lowest BCUT2D eigenvalue weighted by molar-refractivity contribution is 0.590. The lowest BCUT2D eigenvalue weighted by Gasteiger charge is -2.12. The van der Waals surface area contributed by atoms with Gasteiger partial charge in [-0.1, -0.05) is 17.7 Å². The molecule has 6 heteroatoms. The zero-order valence-electron chi connectivity index (χ0n) is 12.4. The van der Waals surface area contributed by atoms with Crippen LogP contribution in [0.2, 0.25) is 0 Å². The van der Waals surface area contributed by atoms with E-state index in [1.165, 1.54) is 0 Å². The van der Waals surface area contributed by atoms with Crippen LogP contribution in [0.3, 0.4) is 0 Å². The van der Waals surface area contributed by atoms with Crippen molar-refractivity contribution in [1.29, 1.82) is 0 Å². The Morgan fingerprint density at radius 3 is 2.30 bits per heavy atom. The Morgan fingerprint density at radius 1 is 1.25 bits per heavy atom. The van der Waals surface area contributed by atoms with E-state index in [-0.39, 0.29) is 17.8 Å².